The molecule has 4 rings (SSSR count). The predicted octanol–water partition coefficient (Wildman–Crippen LogP) is 0.563. The zero-order valence-corrected chi connectivity index (χ0v) is 18.6. The second kappa shape index (κ2) is 9.96. The number of nitrogens with zero attached hydrogens (tertiary/aromatic N) is 5. The minimum atomic E-state index is 0.0671. The van der Waals surface area contributed by atoms with Crippen LogP contribution in [0.4, 0.5) is 11.6 Å². The Labute approximate surface area is 184 Å². The van der Waals surface area contributed by atoms with E-state index in [1.807, 2.05) is 36.1 Å². The molecular weight excluding hydrogens is 392 g/mol. The van der Waals surface area contributed by atoms with Gasteiger partial charge in [0.2, 0.25) is 0 Å². The molecule has 2 aliphatic rings. The average Bonchev–Trinajstić information content (AvgIpc) is 2.85. The number of carbonyl (C=O) groups is 1. The number of amides is 1. The molecule has 3 heterocycles. The highest BCUT2D eigenvalue weighted by molar-refractivity contribution is 5.94. The van der Waals surface area contributed by atoms with Crippen LogP contribution in [-0.2, 0) is 0 Å². The molecule has 2 aliphatic heterocycles. The van der Waals surface area contributed by atoms with Gasteiger partial charge in [-0.05, 0) is 50.2 Å². The first kappa shape index (κ1) is 21.4. The third kappa shape index (κ3) is 5.07. The summed E-state index contributed by atoms with van der Waals surface area (Å²) in [7, 11) is 0. The van der Waals surface area contributed by atoms with Gasteiger partial charge in [-0.25, -0.2) is 0 Å². The van der Waals surface area contributed by atoms with E-state index in [-0.39, 0.29) is 5.91 Å². The summed E-state index contributed by atoms with van der Waals surface area (Å²) < 4.78 is 5.46. The van der Waals surface area contributed by atoms with Crippen molar-refractivity contribution in [3.8, 4) is 5.75 Å². The van der Waals surface area contributed by atoms with Gasteiger partial charge in [0, 0.05) is 31.7 Å². The number of benzene rings is 1. The van der Waals surface area contributed by atoms with Gasteiger partial charge in [-0.15, -0.1) is 10.2 Å². The molecule has 0 bridgehead atoms. The minimum absolute atomic E-state index is 0.0671. The van der Waals surface area contributed by atoms with Crippen LogP contribution in [0, 0.1) is 0 Å². The maximum atomic E-state index is 12.8. The molecule has 1 aromatic heterocycles. The summed E-state index contributed by atoms with van der Waals surface area (Å²) in [6.07, 6.45) is 0. The highest BCUT2D eigenvalue weighted by Gasteiger charge is 2.24. The van der Waals surface area contributed by atoms with Crippen molar-refractivity contribution in [2.24, 2.45) is 0 Å². The van der Waals surface area contributed by atoms with Gasteiger partial charge in [-0.2, -0.15) is 0 Å². The van der Waals surface area contributed by atoms with E-state index < -0.39 is 0 Å². The molecule has 2 aromatic rings. The van der Waals surface area contributed by atoms with E-state index in [4.69, 9.17) is 4.74 Å². The van der Waals surface area contributed by atoms with Gasteiger partial charge >= 0.3 is 0 Å². The van der Waals surface area contributed by atoms with Gasteiger partial charge in [0.05, 0.1) is 39.3 Å². The predicted molar refractivity (Wildman–Crippen MR) is 121 cm³/mol. The number of nitrogens with one attached hydrogen (secondary N) is 1. The third-order valence-corrected chi connectivity index (χ3v) is 6.23. The van der Waals surface area contributed by atoms with Crippen LogP contribution in [0.25, 0.3) is 0 Å². The zero-order chi connectivity index (χ0) is 21.6. The van der Waals surface area contributed by atoms with Crippen LogP contribution in [-0.4, -0.2) is 86.5 Å². The van der Waals surface area contributed by atoms with Crippen LogP contribution in [0.3, 0.4) is 0 Å². The lowest BCUT2D eigenvalue weighted by molar-refractivity contribution is -0.898. The molecule has 0 spiro atoms. The smallest absolute Gasteiger partial charge is 0.253 e. The molecule has 166 valence electrons. The summed E-state index contributed by atoms with van der Waals surface area (Å²) in [5, 5.41) is 8.97. The number of piperazine rings is 2. The van der Waals surface area contributed by atoms with Crippen molar-refractivity contribution in [1.29, 1.82) is 0 Å². The van der Waals surface area contributed by atoms with Crippen LogP contribution in [0.2, 0.25) is 0 Å². The van der Waals surface area contributed by atoms with Gasteiger partial charge in [0.25, 0.3) is 5.91 Å². The number of ether oxygens (including phenoxy) is 1. The number of likely N-dealkylation sites (N-methyl/N-ethyl adjacent to an activating group) is 1. The molecule has 2 fully saturated rings. The van der Waals surface area contributed by atoms with E-state index >= 15 is 0 Å². The Kier molecular flexibility index (Phi) is 6.86. The molecule has 0 radical (unpaired) electrons. The Balaban J connectivity index is 1.30. The Morgan fingerprint density at radius 3 is 1.97 bits per heavy atom. The normalized spacial score (nSPS) is 17.7. The summed E-state index contributed by atoms with van der Waals surface area (Å²) in [5.74, 6) is 2.70. The minimum Gasteiger partial charge on any atom is -0.494 e. The largest absolute Gasteiger partial charge is 0.494 e. The van der Waals surface area contributed by atoms with Gasteiger partial charge in [0.1, 0.15) is 5.75 Å². The second-order valence-electron chi connectivity index (χ2n) is 8.08. The lowest BCUT2D eigenvalue weighted by Gasteiger charge is -2.35. The van der Waals surface area contributed by atoms with E-state index in [9.17, 15) is 4.79 Å². The molecule has 8 nitrogen and oxygen atoms in total. The Morgan fingerprint density at radius 1 is 0.871 bits per heavy atom. The highest BCUT2D eigenvalue weighted by Crippen LogP contribution is 2.18. The number of hydrogen-bond acceptors (Lipinski definition) is 6. The van der Waals surface area contributed by atoms with Crippen LogP contribution < -0.4 is 19.4 Å². The Hall–Kier alpha value is -2.87. The zero-order valence-electron chi connectivity index (χ0n) is 18.6. The molecule has 1 aromatic carbocycles. The summed E-state index contributed by atoms with van der Waals surface area (Å²) in [4.78, 5) is 20.9. The Bertz CT molecular complexity index is 841. The van der Waals surface area contributed by atoms with Crippen LogP contribution in [0.15, 0.2) is 36.4 Å². The molecule has 0 aliphatic carbocycles. The fourth-order valence-corrected chi connectivity index (χ4v) is 4.24. The first-order valence-corrected chi connectivity index (χ1v) is 11.4. The third-order valence-electron chi connectivity index (χ3n) is 6.23. The molecule has 8 heteroatoms. The van der Waals surface area contributed by atoms with Crippen molar-refractivity contribution in [1.82, 2.24) is 15.1 Å². The second-order valence-corrected chi connectivity index (χ2v) is 8.08. The molecule has 0 saturated carbocycles. The average molecular weight is 426 g/mol. The van der Waals surface area contributed by atoms with Crippen LogP contribution in [0.5, 0.6) is 5.75 Å². The lowest BCUT2D eigenvalue weighted by atomic mass is 10.1. The number of carbonyl (C=O) groups excluding carboxylic acids is 1. The first-order valence-electron chi connectivity index (χ1n) is 11.4. The fraction of sp³-hybridized carbons (Fsp3) is 0.522. The lowest BCUT2D eigenvalue weighted by Crippen LogP contribution is -3.14. The van der Waals surface area contributed by atoms with Gasteiger partial charge in [-0.1, -0.05) is 0 Å². The summed E-state index contributed by atoms with van der Waals surface area (Å²) in [6.45, 7) is 13.2. The summed E-state index contributed by atoms with van der Waals surface area (Å²) in [6, 6.07) is 11.5. The van der Waals surface area contributed by atoms with Gasteiger partial charge in [0.15, 0.2) is 11.6 Å². The molecule has 2 saturated heterocycles. The van der Waals surface area contributed by atoms with E-state index in [0.29, 0.717) is 25.3 Å². The van der Waals surface area contributed by atoms with E-state index in [1.165, 1.54) is 6.54 Å². The van der Waals surface area contributed by atoms with E-state index in [1.54, 1.807) is 4.90 Å². The molecule has 31 heavy (non-hydrogen) atoms. The van der Waals surface area contributed by atoms with Crippen molar-refractivity contribution in [2.75, 3.05) is 75.3 Å². The monoisotopic (exact) mass is 425 g/mol. The first-order chi connectivity index (χ1) is 15.2. The van der Waals surface area contributed by atoms with Crippen molar-refractivity contribution in [3.63, 3.8) is 0 Å². The number of rotatable bonds is 6. The number of quaternary nitrogens is 1. The van der Waals surface area contributed by atoms with Crippen LogP contribution >= 0.6 is 0 Å². The molecule has 1 N–H and O–H groups in total. The van der Waals surface area contributed by atoms with Gasteiger partial charge in [-0.3, -0.25) is 4.79 Å². The summed E-state index contributed by atoms with van der Waals surface area (Å²) in [5.41, 5.74) is 0.700. The number of hydrogen-bond donors (Lipinski definition) is 1. The molecular formula is C23H33N6O2+. The number of anilines is 2. The highest BCUT2D eigenvalue weighted by atomic mass is 16.5. The van der Waals surface area contributed by atoms with Crippen molar-refractivity contribution >= 4 is 17.5 Å². The van der Waals surface area contributed by atoms with E-state index in [2.05, 4.69) is 39.1 Å². The standard InChI is InChI=1S/C23H32N6O2/c1-3-26-11-13-27(14-12-26)21-9-10-22(25-24-21)28-15-17-29(18-16-28)23(30)19-5-7-20(8-6-19)31-4-2/h5-10H,3-4,11-18H2,1-2H3/p+1. The molecule has 0 unspecified atom stereocenters. The van der Waals surface area contributed by atoms with Crippen molar-refractivity contribution < 1.29 is 14.4 Å². The van der Waals surface area contributed by atoms with Crippen molar-refractivity contribution in [2.45, 2.75) is 13.8 Å². The van der Waals surface area contributed by atoms with Crippen LogP contribution in [0.1, 0.15) is 24.2 Å². The summed E-state index contributed by atoms with van der Waals surface area (Å²) >= 11 is 0. The van der Waals surface area contributed by atoms with E-state index in [0.717, 1.165) is 56.7 Å². The maximum Gasteiger partial charge on any atom is 0.253 e. The maximum absolute atomic E-state index is 12.8. The Morgan fingerprint density at radius 2 is 1.45 bits per heavy atom. The number of aromatic nitrogens is 2. The quantitative estimate of drug-likeness (QED) is 0.730. The van der Waals surface area contributed by atoms with Crippen molar-refractivity contribution in [3.05, 3.63) is 42.0 Å². The molecule has 0 atom stereocenters. The SMILES string of the molecule is CCOc1ccc(C(=O)N2CCN(c3ccc(N4CC[NH+](CC)CC4)nn3)CC2)cc1. The fourth-order valence-electron chi connectivity index (χ4n) is 4.24. The van der Waals surface area contributed by atoms with Gasteiger partial charge < -0.3 is 24.3 Å². The molecule has 1 amide bonds. The topological polar surface area (TPSA) is 66.2 Å².